The first-order valence-corrected chi connectivity index (χ1v) is 9.18. The molecule has 2 aromatic rings. The van der Waals surface area contributed by atoms with Crippen LogP contribution in [-0.4, -0.2) is 22.1 Å². The summed E-state index contributed by atoms with van der Waals surface area (Å²) in [6, 6.07) is 7.92. The molecule has 136 valence electrons. The lowest BCUT2D eigenvalue weighted by atomic mass is 10.1. The SMILES string of the molecule is CCNC(=NCc1nccn1CC(C)C)NC(C)c1ccccc1Cl. The second-order valence-electron chi connectivity index (χ2n) is 6.47. The molecule has 1 heterocycles. The van der Waals surface area contributed by atoms with Crippen LogP contribution in [-0.2, 0) is 13.1 Å². The van der Waals surface area contributed by atoms with E-state index in [4.69, 9.17) is 11.6 Å². The van der Waals surface area contributed by atoms with Crippen LogP contribution in [0.3, 0.4) is 0 Å². The molecule has 2 rings (SSSR count). The Kier molecular flexibility index (Phi) is 7.31. The van der Waals surface area contributed by atoms with Crippen LogP contribution in [0.4, 0.5) is 0 Å². The van der Waals surface area contributed by atoms with Gasteiger partial charge in [-0.15, -0.1) is 0 Å². The minimum absolute atomic E-state index is 0.0573. The zero-order chi connectivity index (χ0) is 18.2. The number of benzene rings is 1. The van der Waals surface area contributed by atoms with Crippen LogP contribution in [0, 0.1) is 5.92 Å². The fraction of sp³-hybridized carbons (Fsp3) is 0.474. The van der Waals surface area contributed by atoms with Crippen molar-refractivity contribution in [3.05, 3.63) is 53.1 Å². The minimum Gasteiger partial charge on any atom is -0.357 e. The van der Waals surface area contributed by atoms with Gasteiger partial charge in [-0.25, -0.2) is 9.98 Å². The van der Waals surface area contributed by atoms with Gasteiger partial charge >= 0.3 is 0 Å². The lowest BCUT2D eigenvalue weighted by Crippen LogP contribution is -2.38. The molecule has 0 fully saturated rings. The topological polar surface area (TPSA) is 54.2 Å². The Bertz CT molecular complexity index is 693. The highest BCUT2D eigenvalue weighted by atomic mass is 35.5. The first-order valence-electron chi connectivity index (χ1n) is 8.80. The predicted molar refractivity (Wildman–Crippen MR) is 105 cm³/mol. The molecule has 0 aliphatic rings. The summed E-state index contributed by atoms with van der Waals surface area (Å²) in [5, 5.41) is 7.45. The van der Waals surface area contributed by atoms with Gasteiger partial charge in [-0.2, -0.15) is 0 Å². The molecule has 0 amide bonds. The highest BCUT2D eigenvalue weighted by molar-refractivity contribution is 6.31. The van der Waals surface area contributed by atoms with E-state index in [9.17, 15) is 0 Å². The first-order chi connectivity index (χ1) is 12.0. The lowest BCUT2D eigenvalue weighted by Gasteiger charge is -2.19. The third kappa shape index (κ3) is 5.78. The van der Waals surface area contributed by atoms with Crippen LogP contribution >= 0.6 is 11.6 Å². The summed E-state index contributed by atoms with van der Waals surface area (Å²) in [6.45, 7) is 10.8. The number of aromatic nitrogens is 2. The van der Waals surface area contributed by atoms with Gasteiger partial charge in [0.15, 0.2) is 5.96 Å². The molecule has 2 N–H and O–H groups in total. The van der Waals surface area contributed by atoms with Gasteiger partial charge in [-0.1, -0.05) is 43.6 Å². The molecular formula is C19H28ClN5. The molecule has 1 aromatic heterocycles. The van der Waals surface area contributed by atoms with E-state index in [1.165, 1.54) is 0 Å². The van der Waals surface area contributed by atoms with Gasteiger partial charge in [0.1, 0.15) is 12.4 Å². The zero-order valence-electron chi connectivity index (χ0n) is 15.5. The number of guanidine groups is 1. The number of rotatable bonds is 7. The molecule has 0 aliphatic heterocycles. The molecule has 1 unspecified atom stereocenters. The largest absolute Gasteiger partial charge is 0.357 e. The Morgan fingerprint density at radius 1 is 1.28 bits per heavy atom. The summed E-state index contributed by atoms with van der Waals surface area (Å²) in [7, 11) is 0. The van der Waals surface area contributed by atoms with Gasteiger partial charge in [-0.3, -0.25) is 0 Å². The van der Waals surface area contributed by atoms with Gasteiger partial charge in [0, 0.05) is 30.5 Å². The monoisotopic (exact) mass is 361 g/mol. The van der Waals surface area contributed by atoms with Gasteiger partial charge in [0.25, 0.3) is 0 Å². The Morgan fingerprint density at radius 2 is 2.04 bits per heavy atom. The standard InChI is InChI=1S/C19H28ClN5/c1-5-21-19(24-15(4)16-8-6-7-9-17(16)20)23-12-18-22-10-11-25(18)13-14(2)3/h6-11,14-15H,5,12-13H2,1-4H3,(H2,21,23,24). The van der Waals surface area contributed by atoms with E-state index in [0.717, 1.165) is 35.5 Å². The molecule has 0 radical (unpaired) electrons. The summed E-state index contributed by atoms with van der Waals surface area (Å²) in [6.07, 6.45) is 3.84. The van der Waals surface area contributed by atoms with Crippen LogP contribution in [0.1, 0.15) is 45.1 Å². The average Bonchev–Trinajstić information content (AvgIpc) is 2.99. The van der Waals surface area contributed by atoms with Crippen molar-refractivity contribution < 1.29 is 0 Å². The van der Waals surface area contributed by atoms with Crippen LogP contribution < -0.4 is 10.6 Å². The normalized spacial score (nSPS) is 13.1. The van der Waals surface area contributed by atoms with E-state index in [2.05, 4.69) is 52.9 Å². The Morgan fingerprint density at radius 3 is 2.72 bits per heavy atom. The van der Waals surface area contributed by atoms with Gasteiger partial charge in [0.2, 0.25) is 0 Å². The number of aliphatic imine (C=N–C) groups is 1. The van der Waals surface area contributed by atoms with E-state index in [1.54, 1.807) is 0 Å². The fourth-order valence-corrected chi connectivity index (χ4v) is 2.93. The van der Waals surface area contributed by atoms with Crippen molar-refractivity contribution >= 4 is 17.6 Å². The van der Waals surface area contributed by atoms with Gasteiger partial charge in [-0.05, 0) is 31.4 Å². The molecule has 25 heavy (non-hydrogen) atoms. The summed E-state index contributed by atoms with van der Waals surface area (Å²) < 4.78 is 2.16. The minimum atomic E-state index is 0.0573. The number of hydrogen-bond acceptors (Lipinski definition) is 2. The highest BCUT2D eigenvalue weighted by Gasteiger charge is 2.11. The second kappa shape index (κ2) is 9.47. The molecule has 0 aliphatic carbocycles. The Balaban J connectivity index is 2.08. The predicted octanol–water partition coefficient (Wildman–Crippen LogP) is 4.01. The van der Waals surface area contributed by atoms with Crippen LogP contribution in [0.2, 0.25) is 5.02 Å². The third-order valence-electron chi connectivity index (χ3n) is 3.81. The van der Waals surface area contributed by atoms with E-state index in [-0.39, 0.29) is 6.04 Å². The Hall–Kier alpha value is -2.01. The number of nitrogens with one attached hydrogen (secondary N) is 2. The molecule has 1 atom stereocenters. The fourth-order valence-electron chi connectivity index (χ4n) is 2.63. The second-order valence-corrected chi connectivity index (χ2v) is 6.88. The molecule has 0 bridgehead atoms. The van der Waals surface area contributed by atoms with Gasteiger partial charge in [0.05, 0.1) is 6.04 Å². The number of imidazole rings is 1. The van der Waals surface area contributed by atoms with Crippen LogP contribution in [0.25, 0.3) is 0 Å². The van der Waals surface area contributed by atoms with Crippen molar-refractivity contribution in [2.75, 3.05) is 6.54 Å². The van der Waals surface area contributed by atoms with E-state index < -0.39 is 0 Å². The molecule has 0 saturated carbocycles. The van der Waals surface area contributed by atoms with Crippen molar-refractivity contribution in [2.24, 2.45) is 10.9 Å². The van der Waals surface area contributed by atoms with Crippen molar-refractivity contribution in [1.82, 2.24) is 20.2 Å². The first kappa shape index (κ1) is 19.3. The molecular weight excluding hydrogens is 334 g/mol. The number of nitrogens with zero attached hydrogens (tertiary/aromatic N) is 3. The van der Waals surface area contributed by atoms with Crippen LogP contribution in [0.5, 0.6) is 0 Å². The Labute approximate surface area is 155 Å². The third-order valence-corrected chi connectivity index (χ3v) is 4.16. The number of halogens is 1. The van der Waals surface area contributed by atoms with Crippen LogP contribution in [0.15, 0.2) is 41.7 Å². The van der Waals surface area contributed by atoms with Crippen molar-refractivity contribution in [3.8, 4) is 0 Å². The summed E-state index contributed by atoms with van der Waals surface area (Å²) in [5.74, 6) is 2.30. The highest BCUT2D eigenvalue weighted by Crippen LogP contribution is 2.21. The van der Waals surface area contributed by atoms with E-state index >= 15 is 0 Å². The molecule has 6 heteroatoms. The smallest absolute Gasteiger partial charge is 0.192 e. The maximum absolute atomic E-state index is 6.29. The maximum Gasteiger partial charge on any atom is 0.192 e. The zero-order valence-corrected chi connectivity index (χ0v) is 16.2. The maximum atomic E-state index is 6.29. The van der Waals surface area contributed by atoms with Crippen molar-refractivity contribution in [1.29, 1.82) is 0 Å². The summed E-state index contributed by atoms with van der Waals surface area (Å²) in [4.78, 5) is 9.12. The number of hydrogen-bond donors (Lipinski definition) is 2. The molecule has 0 spiro atoms. The summed E-state index contributed by atoms with van der Waals surface area (Å²) >= 11 is 6.29. The molecule has 0 saturated heterocycles. The lowest BCUT2D eigenvalue weighted by molar-refractivity contribution is 0.507. The summed E-state index contributed by atoms with van der Waals surface area (Å²) in [5.41, 5.74) is 1.05. The van der Waals surface area contributed by atoms with Crippen molar-refractivity contribution in [2.45, 2.75) is 46.8 Å². The van der Waals surface area contributed by atoms with E-state index in [1.807, 2.05) is 36.7 Å². The quantitative estimate of drug-likeness (QED) is 0.578. The molecule has 5 nitrogen and oxygen atoms in total. The average molecular weight is 362 g/mol. The van der Waals surface area contributed by atoms with E-state index in [0.29, 0.717) is 12.5 Å². The van der Waals surface area contributed by atoms with Crippen molar-refractivity contribution in [3.63, 3.8) is 0 Å². The van der Waals surface area contributed by atoms with Gasteiger partial charge < -0.3 is 15.2 Å². The molecule has 1 aromatic carbocycles.